The molecule has 2 nitrogen and oxygen atoms in total. The highest BCUT2D eigenvalue weighted by atomic mass is 19.1. The molecule has 1 aliphatic rings. The van der Waals surface area contributed by atoms with Crippen molar-refractivity contribution < 1.29 is 9.13 Å². The van der Waals surface area contributed by atoms with E-state index >= 15 is 0 Å². The Labute approximate surface area is 89.4 Å². The lowest BCUT2D eigenvalue weighted by Gasteiger charge is -2.35. The summed E-state index contributed by atoms with van der Waals surface area (Å²) < 4.78 is 18.6. The van der Waals surface area contributed by atoms with Gasteiger partial charge in [-0.25, -0.2) is 4.39 Å². The minimum Gasteiger partial charge on any atom is -0.378 e. The van der Waals surface area contributed by atoms with Crippen molar-refractivity contribution in [3.8, 4) is 0 Å². The van der Waals surface area contributed by atoms with Gasteiger partial charge in [-0.1, -0.05) is 12.1 Å². The number of rotatable bonds is 1. The van der Waals surface area contributed by atoms with Crippen molar-refractivity contribution in [3.05, 3.63) is 35.1 Å². The third kappa shape index (κ3) is 2.03. The summed E-state index contributed by atoms with van der Waals surface area (Å²) in [5.74, 6) is -0.154. The fraction of sp³-hybridized carbons (Fsp3) is 0.500. The standard InChI is InChI=1S/C12H16FNO/c1-9-7-10(3-4-11(9)13)12(2)8-15-6-5-14-12/h3-4,7,14H,5-6,8H2,1-2H3. The first-order chi connectivity index (χ1) is 7.12. The van der Waals surface area contributed by atoms with E-state index < -0.39 is 0 Å². The van der Waals surface area contributed by atoms with Gasteiger partial charge in [-0.3, -0.25) is 0 Å². The molecule has 0 saturated carbocycles. The molecular formula is C12H16FNO. The van der Waals surface area contributed by atoms with Crippen LogP contribution in [0.5, 0.6) is 0 Å². The Morgan fingerprint density at radius 3 is 2.87 bits per heavy atom. The number of ether oxygens (including phenoxy) is 1. The van der Waals surface area contributed by atoms with Gasteiger partial charge in [-0.2, -0.15) is 0 Å². The highest BCUT2D eigenvalue weighted by molar-refractivity contribution is 5.30. The van der Waals surface area contributed by atoms with Crippen LogP contribution in [0.25, 0.3) is 0 Å². The fourth-order valence-corrected chi connectivity index (χ4v) is 1.90. The van der Waals surface area contributed by atoms with Crippen LogP contribution in [-0.4, -0.2) is 19.8 Å². The van der Waals surface area contributed by atoms with Crippen LogP contribution in [0.2, 0.25) is 0 Å². The predicted octanol–water partition coefficient (Wildman–Crippen LogP) is 1.97. The van der Waals surface area contributed by atoms with Crippen LogP contribution in [0.4, 0.5) is 4.39 Å². The Bertz CT molecular complexity index is 359. The normalized spacial score (nSPS) is 26.6. The van der Waals surface area contributed by atoms with Crippen molar-refractivity contribution in [3.63, 3.8) is 0 Å². The maximum atomic E-state index is 13.1. The molecule has 1 aromatic rings. The van der Waals surface area contributed by atoms with Gasteiger partial charge in [0.15, 0.2) is 0 Å². The van der Waals surface area contributed by atoms with Crippen molar-refractivity contribution in [2.45, 2.75) is 19.4 Å². The minimum atomic E-state index is -0.184. The van der Waals surface area contributed by atoms with E-state index in [1.807, 2.05) is 12.1 Å². The topological polar surface area (TPSA) is 21.3 Å². The Morgan fingerprint density at radius 1 is 1.47 bits per heavy atom. The second-order valence-electron chi connectivity index (χ2n) is 4.28. The van der Waals surface area contributed by atoms with Gasteiger partial charge < -0.3 is 10.1 Å². The highest BCUT2D eigenvalue weighted by Gasteiger charge is 2.29. The number of morpholine rings is 1. The summed E-state index contributed by atoms with van der Waals surface area (Å²) in [6, 6.07) is 5.23. The molecule has 15 heavy (non-hydrogen) atoms. The van der Waals surface area contributed by atoms with Crippen molar-refractivity contribution in [2.75, 3.05) is 19.8 Å². The van der Waals surface area contributed by atoms with E-state index in [1.54, 1.807) is 6.92 Å². The van der Waals surface area contributed by atoms with Gasteiger partial charge in [0.25, 0.3) is 0 Å². The molecule has 3 heteroatoms. The molecule has 1 saturated heterocycles. The van der Waals surface area contributed by atoms with E-state index in [0.29, 0.717) is 12.2 Å². The Hall–Kier alpha value is -0.930. The van der Waals surface area contributed by atoms with E-state index in [0.717, 1.165) is 18.7 Å². The Kier molecular flexibility index (Phi) is 2.76. The molecule has 0 aliphatic carbocycles. The predicted molar refractivity (Wildman–Crippen MR) is 57.3 cm³/mol. The summed E-state index contributed by atoms with van der Waals surface area (Å²) in [7, 11) is 0. The Balaban J connectivity index is 2.31. The zero-order chi connectivity index (χ0) is 10.9. The van der Waals surface area contributed by atoms with Crippen LogP contribution in [0, 0.1) is 12.7 Å². The smallest absolute Gasteiger partial charge is 0.126 e. The number of nitrogens with one attached hydrogen (secondary N) is 1. The molecule has 0 bridgehead atoms. The van der Waals surface area contributed by atoms with Gasteiger partial charge in [0, 0.05) is 6.54 Å². The molecule has 2 rings (SSSR count). The SMILES string of the molecule is Cc1cc(C2(C)COCCN2)ccc1F. The van der Waals surface area contributed by atoms with Gasteiger partial charge in [0.2, 0.25) is 0 Å². The average molecular weight is 209 g/mol. The lowest BCUT2D eigenvalue weighted by Crippen LogP contribution is -2.49. The van der Waals surface area contributed by atoms with Crippen molar-refractivity contribution >= 4 is 0 Å². The zero-order valence-electron chi connectivity index (χ0n) is 9.14. The number of aryl methyl sites for hydroxylation is 1. The molecule has 1 atom stereocenters. The van der Waals surface area contributed by atoms with Crippen molar-refractivity contribution in [1.82, 2.24) is 5.32 Å². The maximum absolute atomic E-state index is 13.1. The monoisotopic (exact) mass is 209 g/mol. The number of benzene rings is 1. The van der Waals surface area contributed by atoms with Gasteiger partial charge >= 0.3 is 0 Å². The molecule has 0 radical (unpaired) electrons. The summed E-state index contributed by atoms with van der Waals surface area (Å²) in [5.41, 5.74) is 1.58. The number of hydrogen-bond acceptors (Lipinski definition) is 2. The number of halogens is 1. The van der Waals surface area contributed by atoms with E-state index in [9.17, 15) is 4.39 Å². The van der Waals surface area contributed by atoms with Crippen molar-refractivity contribution in [1.29, 1.82) is 0 Å². The van der Waals surface area contributed by atoms with Crippen LogP contribution in [0.15, 0.2) is 18.2 Å². The molecule has 1 fully saturated rings. The first-order valence-electron chi connectivity index (χ1n) is 5.21. The molecule has 82 valence electrons. The first kappa shape index (κ1) is 10.6. The lowest BCUT2D eigenvalue weighted by atomic mass is 9.91. The second-order valence-corrected chi connectivity index (χ2v) is 4.28. The maximum Gasteiger partial charge on any atom is 0.126 e. The van der Waals surface area contributed by atoms with Crippen LogP contribution in [0.1, 0.15) is 18.1 Å². The summed E-state index contributed by atoms with van der Waals surface area (Å²) in [6.45, 7) is 6.09. The van der Waals surface area contributed by atoms with Crippen LogP contribution < -0.4 is 5.32 Å². The highest BCUT2D eigenvalue weighted by Crippen LogP contribution is 2.24. The lowest BCUT2D eigenvalue weighted by molar-refractivity contribution is 0.0338. The van der Waals surface area contributed by atoms with Gasteiger partial charge in [-0.05, 0) is 31.0 Å². The van der Waals surface area contributed by atoms with Crippen LogP contribution in [-0.2, 0) is 10.3 Å². The third-order valence-electron chi connectivity index (χ3n) is 2.95. The van der Waals surface area contributed by atoms with Crippen LogP contribution in [0.3, 0.4) is 0 Å². The minimum absolute atomic E-state index is 0.154. The molecule has 1 unspecified atom stereocenters. The average Bonchev–Trinajstić information content (AvgIpc) is 2.23. The summed E-state index contributed by atoms with van der Waals surface area (Å²) in [5, 5.41) is 3.41. The second kappa shape index (κ2) is 3.91. The molecule has 1 N–H and O–H groups in total. The number of hydrogen-bond donors (Lipinski definition) is 1. The first-order valence-corrected chi connectivity index (χ1v) is 5.21. The van der Waals surface area contributed by atoms with E-state index in [-0.39, 0.29) is 11.4 Å². The Morgan fingerprint density at radius 2 is 2.27 bits per heavy atom. The molecule has 0 aromatic heterocycles. The van der Waals surface area contributed by atoms with Crippen molar-refractivity contribution in [2.24, 2.45) is 0 Å². The summed E-state index contributed by atoms with van der Waals surface area (Å²) in [6.07, 6.45) is 0. The van der Waals surface area contributed by atoms with E-state index in [4.69, 9.17) is 4.74 Å². The van der Waals surface area contributed by atoms with Gasteiger partial charge in [0.1, 0.15) is 5.82 Å². The summed E-state index contributed by atoms with van der Waals surface area (Å²) in [4.78, 5) is 0. The zero-order valence-corrected chi connectivity index (χ0v) is 9.14. The molecule has 1 aliphatic heterocycles. The van der Waals surface area contributed by atoms with E-state index in [2.05, 4.69) is 12.2 Å². The quantitative estimate of drug-likeness (QED) is 0.763. The largest absolute Gasteiger partial charge is 0.378 e. The third-order valence-corrected chi connectivity index (χ3v) is 2.95. The fourth-order valence-electron chi connectivity index (χ4n) is 1.90. The molecular weight excluding hydrogens is 193 g/mol. The van der Waals surface area contributed by atoms with Crippen LogP contribution >= 0.6 is 0 Å². The molecule has 1 heterocycles. The van der Waals surface area contributed by atoms with E-state index in [1.165, 1.54) is 6.07 Å². The van der Waals surface area contributed by atoms with Gasteiger partial charge in [-0.15, -0.1) is 0 Å². The van der Waals surface area contributed by atoms with Gasteiger partial charge in [0.05, 0.1) is 18.8 Å². The molecule has 1 aromatic carbocycles. The summed E-state index contributed by atoms with van der Waals surface area (Å²) >= 11 is 0. The molecule has 0 amide bonds. The molecule has 0 spiro atoms.